The number of rotatable bonds is 8. The number of carbonyl (C=O) groups is 3. The molecule has 0 heterocycles. The average Bonchev–Trinajstić information content (AvgIpc) is 3.12. The van der Waals surface area contributed by atoms with E-state index in [1.54, 1.807) is 0 Å². The first-order chi connectivity index (χ1) is 17.4. The van der Waals surface area contributed by atoms with Crippen molar-refractivity contribution in [1.82, 2.24) is 0 Å². The lowest BCUT2D eigenvalue weighted by Crippen LogP contribution is -2.51. The lowest BCUT2D eigenvalue weighted by molar-refractivity contribution is -0.153. The molecule has 3 fully saturated rings. The van der Waals surface area contributed by atoms with E-state index in [1.165, 1.54) is 19.4 Å². The standard InChI is InChI=1S/C31H48O6/c1-18(17-32)7-10-27(35)19(2)29-28(37-21(4)34)16-26-24-9-8-22-15-23(36-20(3)33)11-13-30(22,5)25(24)12-14-31(26,29)6/h8,18-19,23-26,28-29,32H,7,9-17H2,1-6H3/t18-,19-,23+,24-,25+,26+,28+,29+,30+,31+/m1/s1. The van der Waals surface area contributed by atoms with Crippen molar-refractivity contribution < 1.29 is 29.0 Å². The quantitative estimate of drug-likeness (QED) is 0.331. The van der Waals surface area contributed by atoms with Gasteiger partial charge in [0.05, 0.1) is 0 Å². The molecule has 0 amide bonds. The number of hydrogen-bond acceptors (Lipinski definition) is 6. The molecule has 0 aliphatic heterocycles. The van der Waals surface area contributed by atoms with Gasteiger partial charge < -0.3 is 14.6 Å². The van der Waals surface area contributed by atoms with E-state index in [9.17, 15) is 19.5 Å². The summed E-state index contributed by atoms with van der Waals surface area (Å²) in [6.07, 6.45) is 10.2. The fourth-order valence-electron chi connectivity index (χ4n) is 9.13. The number of fused-ring (bicyclic) bond motifs is 5. The van der Waals surface area contributed by atoms with Crippen molar-refractivity contribution in [3.8, 4) is 0 Å². The van der Waals surface area contributed by atoms with Crippen molar-refractivity contribution in [2.45, 2.75) is 112 Å². The van der Waals surface area contributed by atoms with Gasteiger partial charge in [0, 0.05) is 45.1 Å². The molecule has 6 nitrogen and oxygen atoms in total. The Morgan fingerprint density at radius 3 is 2.41 bits per heavy atom. The van der Waals surface area contributed by atoms with Crippen LogP contribution in [-0.2, 0) is 23.9 Å². The van der Waals surface area contributed by atoms with Crippen LogP contribution in [0, 0.1) is 46.3 Å². The summed E-state index contributed by atoms with van der Waals surface area (Å²) in [7, 11) is 0. The molecule has 0 unspecified atom stereocenters. The molecule has 0 bridgehead atoms. The zero-order chi connectivity index (χ0) is 27.1. The van der Waals surface area contributed by atoms with Crippen molar-refractivity contribution in [2.75, 3.05) is 6.61 Å². The Kier molecular flexibility index (Phi) is 8.28. The van der Waals surface area contributed by atoms with E-state index in [2.05, 4.69) is 19.9 Å². The Balaban J connectivity index is 1.58. The minimum Gasteiger partial charge on any atom is -0.462 e. The fraction of sp³-hybridized carbons (Fsp3) is 0.839. The SMILES string of the molecule is CC(=O)O[C@H]1CC[C@@]2(C)C(=CC[C@H]3[C@@H]4C[C@H](OC(C)=O)[C@H]([C@H](C)C(=O)CC[C@@H](C)CO)[C@@]4(C)CC[C@@H]32)C1. The zero-order valence-electron chi connectivity index (χ0n) is 23.8. The number of aliphatic hydroxyl groups is 1. The molecule has 0 saturated heterocycles. The van der Waals surface area contributed by atoms with Crippen LogP contribution in [0.5, 0.6) is 0 Å². The number of hydrogen-bond donors (Lipinski definition) is 1. The molecule has 4 aliphatic rings. The topological polar surface area (TPSA) is 89.9 Å². The maximum absolute atomic E-state index is 13.4. The molecular weight excluding hydrogens is 468 g/mol. The summed E-state index contributed by atoms with van der Waals surface area (Å²) < 4.78 is 11.6. The van der Waals surface area contributed by atoms with Gasteiger partial charge in [-0.1, -0.05) is 39.3 Å². The van der Waals surface area contributed by atoms with Crippen LogP contribution in [0.3, 0.4) is 0 Å². The normalized spacial score (nSPS) is 40.4. The predicted octanol–water partition coefficient (Wildman–Crippen LogP) is 5.65. The number of ether oxygens (including phenoxy) is 2. The predicted molar refractivity (Wildman–Crippen MR) is 141 cm³/mol. The third kappa shape index (κ3) is 5.29. The van der Waals surface area contributed by atoms with Crippen molar-refractivity contribution in [3.63, 3.8) is 0 Å². The van der Waals surface area contributed by atoms with Gasteiger partial charge in [-0.15, -0.1) is 0 Å². The first-order valence-electron chi connectivity index (χ1n) is 14.6. The van der Waals surface area contributed by atoms with E-state index in [-0.39, 0.29) is 65.1 Å². The first-order valence-corrected chi connectivity index (χ1v) is 14.6. The van der Waals surface area contributed by atoms with Gasteiger partial charge >= 0.3 is 11.9 Å². The highest BCUT2D eigenvalue weighted by molar-refractivity contribution is 5.81. The molecule has 6 heteroatoms. The average molecular weight is 517 g/mol. The number of Topliss-reactive ketones (excluding diaryl/α,β-unsaturated/α-hetero) is 1. The summed E-state index contributed by atoms with van der Waals surface area (Å²) in [5, 5.41) is 9.41. The van der Waals surface area contributed by atoms with Crippen molar-refractivity contribution in [1.29, 1.82) is 0 Å². The summed E-state index contributed by atoms with van der Waals surface area (Å²) in [6, 6.07) is 0. The molecular formula is C31H48O6. The maximum Gasteiger partial charge on any atom is 0.302 e. The molecule has 37 heavy (non-hydrogen) atoms. The number of ketones is 1. The molecule has 0 aromatic heterocycles. The second-order valence-corrected chi connectivity index (χ2v) is 13.3. The summed E-state index contributed by atoms with van der Waals surface area (Å²) in [6.45, 7) is 11.9. The zero-order valence-corrected chi connectivity index (χ0v) is 23.8. The van der Waals surface area contributed by atoms with E-state index in [0.717, 1.165) is 44.9 Å². The van der Waals surface area contributed by atoms with Crippen LogP contribution in [0.15, 0.2) is 11.6 Å². The smallest absolute Gasteiger partial charge is 0.302 e. The maximum atomic E-state index is 13.4. The van der Waals surface area contributed by atoms with Gasteiger partial charge in [0.15, 0.2) is 0 Å². The van der Waals surface area contributed by atoms with Crippen LogP contribution in [0.1, 0.15) is 99.3 Å². The molecule has 0 radical (unpaired) electrons. The largest absolute Gasteiger partial charge is 0.462 e. The van der Waals surface area contributed by atoms with Gasteiger partial charge in [0.1, 0.15) is 18.0 Å². The highest BCUT2D eigenvalue weighted by atomic mass is 16.5. The number of aliphatic hydroxyl groups excluding tert-OH is 1. The van der Waals surface area contributed by atoms with Crippen LogP contribution in [0.4, 0.5) is 0 Å². The minimum absolute atomic E-state index is 0.00754. The van der Waals surface area contributed by atoms with E-state index in [1.807, 2.05) is 13.8 Å². The number of carbonyl (C=O) groups excluding carboxylic acids is 3. The molecule has 0 aromatic carbocycles. The second kappa shape index (κ2) is 10.8. The van der Waals surface area contributed by atoms with Crippen molar-refractivity contribution in [3.05, 3.63) is 11.6 Å². The van der Waals surface area contributed by atoms with E-state index >= 15 is 0 Å². The van der Waals surface area contributed by atoms with Crippen LogP contribution in [-0.4, -0.2) is 41.6 Å². The van der Waals surface area contributed by atoms with Crippen LogP contribution in [0.2, 0.25) is 0 Å². The number of esters is 2. The van der Waals surface area contributed by atoms with Crippen molar-refractivity contribution in [2.24, 2.45) is 46.3 Å². The Hall–Kier alpha value is -1.69. The van der Waals surface area contributed by atoms with Gasteiger partial charge in [-0.25, -0.2) is 0 Å². The summed E-state index contributed by atoms with van der Waals surface area (Å²) in [5.41, 5.74) is 1.54. The van der Waals surface area contributed by atoms with Crippen LogP contribution in [0.25, 0.3) is 0 Å². The molecule has 4 rings (SSSR count). The summed E-state index contributed by atoms with van der Waals surface area (Å²) >= 11 is 0. The molecule has 1 N–H and O–H groups in total. The van der Waals surface area contributed by atoms with Crippen LogP contribution < -0.4 is 0 Å². The number of allylic oxidation sites excluding steroid dienone is 1. The highest BCUT2D eigenvalue weighted by Gasteiger charge is 2.63. The Bertz CT molecular complexity index is 925. The lowest BCUT2D eigenvalue weighted by Gasteiger charge is -2.58. The second-order valence-electron chi connectivity index (χ2n) is 13.3. The van der Waals surface area contributed by atoms with E-state index in [4.69, 9.17) is 9.47 Å². The molecule has 4 aliphatic carbocycles. The summed E-state index contributed by atoms with van der Waals surface area (Å²) in [4.78, 5) is 37.1. The monoisotopic (exact) mass is 516 g/mol. The lowest BCUT2D eigenvalue weighted by atomic mass is 9.47. The molecule has 3 saturated carbocycles. The van der Waals surface area contributed by atoms with Crippen LogP contribution >= 0.6 is 0 Å². The molecule has 0 aromatic rings. The fourth-order valence-corrected chi connectivity index (χ4v) is 9.13. The first kappa shape index (κ1) is 28.3. The highest BCUT2D eigenvalue weighted by Crippen LogP contribution is 2.67. The molecule has 0 spiro atoms. The third-order valence-corrected chi connectivity index (χ3v) is 11.0. The van der Waals surface area contributed by atoms with E-state index in [0.29, 0.717) is 30.6 Å². The molecule has 10 atom stereocenters. The Labute approximate surface area is 222 Å². The van der Waals surface area contributed by atoms with Gasteiger partial charge in [0.25, 0.3) is 0 Å². The van der Waals surface area contributed by atoms with Gasteiger partial charge in [0.2, 0.25) is 0 Å². The minimum atomic E-state index is -0.260. The van der Waals surface area contributed by atoms with Gasteiger partial charge in [-0.05, 0) is 79.4 Å². The molecule has 208 valence electrons. The van der Waals surface area contributed by atoms with Gasteiger partial charge in [-0.2, -0.15) is 0 Å². The third-order valence-electron chi connectivity index (χ3n) is 11.0. The van der Waals surface area contributed by atoms with E-state index < -0.39 is 0 Å². The Morgan fingerprint density at radius 2 is 1.76 bits per heavy atom. The van der Waals surface area contributed by atoms with Crippen molar-refractivity contribution >= 4 is 17.7 Å². The van der Waals surface area contributed by atoms with Gasteiger partial charge in [-0.3, -0.25) is 14.4 Å². The summed E-state index contributed by atoms with van der Waals surface area (Å²) in [5.74, 6) is 1.23. The Morgan fingerprint density at radius 1 is 1.05 bits per heavy atom.